The van der Waals surface area contributed by atoms with E-state index in [1.165, 1.54) is 25.3 Å². The van der Waals surface area contributed by atoms with Crippen molar-refractivity contribution in [1.29, 1.82) is 0 Å². The Balaban J connectivity index is 1.44. The molecule has 5 amide bonds. The van der Waals surface area contributed by atoms with Crippen LogP contribution in [0.25, 0.3) is 6.08 Å². The van der Waals surface area contributed by atoms with Gasteiger partial charge in [0.25, 0.3) is 17.7 Å². The lowest BCUT2D eigenvalue weighted by Gasteiger charge is -2.27. The molecule has 0 aliphatic carbocycles. The van der Waals surface area contributed by atoms with Crippen molar-refractivity contribution in [3.8, 4) is 17.2 Å². The van der Waals surface area contributed by atoms with E-state index in [0.29, 0.717) is 40.1 Å². The van der Waals surface area contributed by atoms with Gasteiger partial charge in [-0.3, -0.25) is 19.7 Å². The van der Waals surface area contributed by atoms with Crippen LogP contribution in [0.4, 0.5) is 16.2 Å². The van der Waals surface area contributed by atoms with Crippen LogP contribution >= 0.6 is 11.6 Å². The fourth-order valence-electron chi connectivity index (χ4n) is 3.86. The third-order valence-electron chi connectivity index (χ3n) is 5.99. The Morgan fingerprint density at radius 1 is 1.00 bits per heavy atom. The Kier molecular flexibility index (Phi) is 9.26. The summed E-state index contributed by atoms with van der Waals surface area (Å²) in [4.78, 5) is 51.5. The van der Waals surface area contributed by atoms with Crippen LogP contribution in [0.3, 0.4) is 0 Å². The van der Waals surface area contributed by atoms with Gasteiger partial charge in [0.15, 0.2) is 18.1 Å². The van der Waals surface area contributed by atoms with E-state index in [4.69, 9.17) is 25.8 Å². The monoisotopic (exact) mass is 577 g/mol. The van der Waals surface area contributed by atoms with Crippen molar-refractivity contribution in [3.63, 3.8) is 0 Å². The Morgan fingerprint density at radius 3 is 2.44 bits per heavy atom. The van der Waals surface area contributed by atoms with E-state index in [9.17, 15) is 19.2 Å². The molecule has 1 aliphatic heterocycles. The van der Waals surface area contributed by atoms with Crippen molar-refractivity contribution in [2.45, 2.75) is 20.3 Å². The maximum absolute atomic E-state index is 13.3. The van der Waals surface area contributed by atoms with Gasteiger partial charge in [0.1, 0.15) is 11.3 Å². The topological polar surface area (TPSA) is 123 Å². The number of anilines is 2. The molecule has 1 fully saturated rings. The minimum Gasteiger partial charge on any atom is -0.493 e. The first-order valence-electron chi connectivity index (χ1n) is 12.7. The van der Waals surface area contributed by atoms with Crippen LogP contribution in [0.5, 0.6) is 17.2 Å². The highest BCUT2D eigenvalue weighted by molar-refractivity contribution is 6.39. The minimum absolute atomic E-state index is 0.210. The largest absolute Gasteiger partial charge is 0.493 e. The summed E-state index contributed by atoms with van der Waals surface area (Å²) in [5, 5.41) is 5.45. The number of amides is 5. The number of nitrogens with zero attached hydrogens (tertiary/aromatic N) is 1. The fourth-order valence-corrected chi connectivity index (χ4v) is 4.04. The van der Waals surface area contributed by atoms with E-state index in [1.54, 1.807) is 48.5 Å². The number of nitrogens with one attached hydrogen (secondary N) is 2. The number of hydrogen-bond donors (Lipinski definition) is 2. The quantitative estimate of drug-likeness (QED) is 0.253. The molecule has 0 atom stereocenters. The van der Waals surface area contributed by atoms with Gasteiger partial charge in [-0.15, -0.1) is 0 Å². The van der Waals surface area contributed by atoms with Gasteiger partial charge in [-0.25, -0.2) is 9.69 Å². The zero-order valence-corrected chi connectivity index (χ0v) is 23.4. The standard InChI is InChI=1S/C30H28ClN3O7/c1-4-13-40-25-12-9-21(16-26(25)39-3)34-29(37)23(28(36)33-30(34)38)14-19-6-10-22(11-7-19)41-17-27(35)32-20-8-5-18(2)24(31)15-20/h5-12,14-16H,4,13,17H2,1-3H3,(H,32,35)(H,33,36,38)/b23-14-. The van der Waals surface area contributed by atoms with Crippen molar-refractivity contribution in [1.82, 2.24) is 5.32 Å². The zero-order chi connectivity index (χ0) is 29.5. The molecule has 10 nitrogen and oxygen atoms in total. The minimum atomic E-state index is -0.878. The van der Waals surface area contributed by atoms with Crippen molar-refractivity contribution >= 4 is 52.8 Å². The lowest BCUT2D eigenvalue weighted by Crippen LogP contribution is -2.54. The number of rotatable bonds is 10. The van der Waals surface area contributed by atoms with Gasteiger partial charge in [0.2, 0.25) is 0 Å². The van der Waals surface area contributed by atoms with E-state index in [0.717, 1.165) is 16.9 Å². The Labute approximate surface area is 241 Å². The lowest BCUT2D eigenvalue weighted by atomic mass is 10.1. The van der Waals surface area contributed by atoms with Crippen molar-refractivity contribution < 1.29 is 33.4 Å². The van der Waals surface area contributed by atoms with Crippen LogP contribution in [-0.2, 0) is 14.4 Å². The predicted octanol–water partition coefficient (Wildman–Crippen LogP) is 5.13. The molecule has 1 heterocycles. The summed E-state index contributed by atoms with van der Waals surface area (Å²) in [5.74, 6) is -0.777. The number of benzene rings is 3. The third kappa shape index (κ3) is 7.03. The molecule has 0 spiro atoms. The van der Waals surface area contributed by atoms with E-state index in [-0.39, 0.29) is 23.8 Å². The van der Waals surface area contributed by atoms with Crippen LogP contribution in [0.1, 0.15) is 24.5 Å². The SMILES string of the molecule is CCCOc1ccc(N2C(=O)NC(=O)/C(=C/c3ccc(OCC(=O)Nc4ccc(C)c(Cl)c4)cc3)C2=O)cc1OC. The third-order valence-corrected chi connectivity index (χ3v) is 6.39. The van der Waals surface area contributed by atoms with Crippen LogP contribution in [0.15, 0.2) is 66.2 Å². The summed E-state index contributed by atoms with van der Waals surface area (Å²) in [6.45, 7) is 4.06. The van der Waals surface area contributed by atoms with E-state index in [2.05, 4.69) is 10.6 Å². The molecule has 212 valence electrons. The smallest absolute Gasteiger partial charge is 0.335 e. The summed E-state index contributed by atoms with van der Waals surface area (Å²) < 4.78 is 16.5. The molecule has 11 heteroatoms. The maximum Gasteiger partial charge on any atom is 0.335 e. The summed E-state index contributed by atoms with van der Waals surface area (Å²) in [6, 6.07) is 15.4. The van der Waals surface area contributed by atoms with Crippen LogP contribution in [0.2, 0.25) is 5.02 Å². The van der Waals surface area contributed by atoms with Crippen LogP contribution in [0, 0.1) is 6.92 Å². The van der Waals surface area contributed by atoms with Crippen molar-refractivity contribution in [3.05, 3.63) is 82.4 Å². The number of aryl methyl sites for hydroxylation is 1. The first kappa shape index (κ1) is 29.2. The first-order chi connectivity index (χ1) is 19.7. The van der Waals surface area contributed by atoms with Gasteiger partial charge in [-0.2, -0.15) is 0 Å². The second-order valence-electron chi connectivity index (χ2n) is 9.01. The van der Waals surface area contributed by atoms with Crippen LogP contribution in [-0.4, -0.2) is 44.1 Å². The van der Waals surface area contributed by atoms with Crippen LogP contribution < -0.4 is 29.7 Å². The first-order valence-corrected chi connectivity index (χ1v) is 13.1. The molecular weight excluding hydrogens is 550 g/mol. The summed E-state index contributed by atoms with van der Waals surface area (Å²) >= 11 is 6.09. The number of carbonyl (C=O) groups excluding carboxylic acids is 4. The molecule has 1 aliphatic rings. The Bertz CT molecular complexity index is 1520. The van der Waals surface area contributed by atoms with Gasteiger partial charge < -0.3 is 19.5 Å². The number of halogens is 1. The fraction of sp³-hybridized carbons (Fsp3) is 0.200. The molecule has 41 heavy (non-hydrogen) atoms. The number of urea groups is 1. The van der Waals surface area contributed by atoms with Gasteiger partial charge in [-0.05, 0) is 66.9 Å². The van der Waals surface area contributed by atoms with Crippen molar-refractivity contribution in [2.75, 3.05) is 30.5 Å². The van der Waals surface area contributed by atoms with Gasteiger partial charge in [-0.1, -0.05) is 36.7 Å². The molecule has 1 saturated heterocycles. The Hall–Kier alpha value is -4.83. The number of hydrogen-bond acceptors (Lipinski definition) is 7. The van der Waals surface area contributed by atoms with Gasteiger partial charge in [0.05, 0.1) is 19.4 Å². The van der Waals surface area contributed by atoms with Gasteiger partial charge >= 0.3 is 6.03 Å². The molecule has 0 saturated carbocycles. The molecule has 0 unspecified atom stereocenters. The number of imide groups is 2. The zero-order valence-electron chi connectivity index (χ0n) is 22.7. The molecular formula is C30H28ClN3O7. The summed E-state index contributed by atoms with van der Waals surface area (Å²) in [5.41, 5.74) is 1.93. The summed E-state index contributed by atoms with van der Waals surface area (Å²) in [7, 11) is 1.45. The lowest BCUT2D eigenvalue weighted by molar-refractivity contribution is -0.122. The predicted molar refractivity (Wildman–Crippen MR) is 155 cm³/mol. The van der Waals surface area contributed by atoms with Crippen molar-refractivity contribution in [2.24, 2.45) is 0 Å². The molecule has 3 aromatic carbocycles. The average molecular weight is 578 g/mol. The number of methoxy groups -OCH3 is 1. The Morgan fingerprint density at radius 2 is 1.76 bits per heavy atom. The highest BCUT2D eigenvalue weighted by Crippen LogP contribution is 2.33. The average Bonchev–Trinajstić information content (AvgIpc) is 2.95. The highest BCUT2D eigenvalue weighted by Gasteiger charge is 2.37. The van der Waals surface area contributed by atoms with E-state index in [1.807, 2.05) is 13.8 Å². The number of ether oxygens (including phenoxy) is 3. The molecule has 0 aromatic heterocycles. The summed E-state index contributed by atoms with van der Waals surface area (Å²) in [6.07, 6.45) is 2.16. The molecule has 2 N–H and O–H groups in total. The molecule has 3 aromatic rings. The molecule has 0 radical (unpaired) electrons. The van der Waals surface area contributed by atoms with Gasteiger partial charge in [0, 0.05) is 16.8 Å². The second kappa shape index (κ2) is 13.0. The second-order valence-corrected chi connectivity index (χ2v) is 9.42. The molecule has 0 bridgehead atoms. The number of barbiturate groups is 1. The molecule has 4 rings (SSSR count). The number of carbonyl (C=O) groups is 4. The van der Waals surface area contributed by atoms with E-state index >= 15 is 0 Å². The normalized spacial score (nSPS) is 14.1. The van der Waals surface area contributed by atoms with E-state index < -0.39 is 17.8 Å². The highest BCUT2D eigenvalue weighted by atomic mass is 35.5. The maximum atomic E-state index is 13.3.